The molecule has 0 aliphatic carbocycles. The lowest BCUT2D eigenvalue weighted by atomic mass is 10.1. The Hall–Kier alpha value is -2.21. The van der Waals surface area contributed by atoms with Crippen LogP contribution in [0, 0.1) is 0 Å². The summed E-state index contributed by atoms with van der Waals surface area (Å²) in [4.78, 5) is 11.8. The second-order valence-electron chi connectivity index (χ2n) is 5.04. The first kappa shape index (κ1) is 18.1. The van der Waals surface area contributed by atoms with Crippen LogP contribution >= 0.6 is 15.9 Å². The highest BCUT2D eigenvalue weighted by atomic mass is 79.9. The predicted molar refractivity (Wildman–Crippen MR) is 95.9 cm³/mol. The average molecular weight is 394 g/mol. The Bertz CT molecular complexity index is 690. The zero-order valence-electron chi connectivity index (χ0n) is 13.7. The fourth-order valence-corrected chi connectivity index (χ4v) is 2.52. The van der Waals surface area contributed by atoms with Crippen LogP contribution in [0.4, 0.5) is 0 Å². The Morgan fingerprint density at radius 2 is 1.88 bits per heavy atom. The number of halogens is 1. The molecule has 0 aromatic heterocycles. The Labute approximate surface area is 150 Å². The maximum atomic E-state index is 11.8. The highest BCUT2D eigenvalue weighted by Gasteiger charge is 2.06. The molecule has 0 saturated carbocycles. The van der Waals surface area contributed by atoms with E-state index in [1.807, 2.05) is 42.5 Å². The number of amides is 1. The molecule has 0 radical (unpaired) electrons. The summed E-state index contributed by atoms with van der Waals surface area (Å²) in [5.41, 5.74) is 1.06. The molecule has 128 valence electrons. The van der Waals surface area contributed by atoms with Gasteiger partial charge in [0, 0.05) is 11.0 Å². The Morgan fingerprint density at radius 3 is 2.58 bits per heavy atom. The van der Waals surface area contributed by atoms with E-state index in [-0.39, 0.29) is 12.5 Å². The van der Waals surface area contributed by atoms with E-state index in [9.17, 15) is 4.79 Å². The second-order valence-corrected chi connectivity index (χ2v) is 5.95. The summed E-state index contributed by atoms with van der Waals surface area (Å²) >= 11 is 3.36. The largest absolute Gasteiger partial charge is 0.493 e. The number of rotatable bonds is 8. The number of benzene rings is 2. The molecule has 1 N–H and O–H groups in total. The van der Waals surface area contributed by atoms with Gasteiger partial charge in [-0.15, -0.1) is 0 Å². The summed E-state index contributed by atoms with van der Waals surface area (Å²) in [5.74, 6) is 1.86. The minimum atomic E-state index is -0.157. The van der Waals surface area contributed by atoms with Gasteiger partial charge in [0.25, 0.3) is 5.91 Å². The standard InChI is InChI=1S/C18H20BrNO4/c1-22-16-7-6-13(10-17(16)23-2)8-9-20-18(21)12-24-15-5-3-4-14(19)11-15/h3-7,10-11H,8-9,12H2,1-2H3,(H,20,21). The zero-order valence-corrected chi connectivity index (χ0v) is 15.3. The van der Waals surface area contributed by atoms with Crippen molar-refractivity contribution in [3.05, 3.63) is 52.5 Å². The summed E-state index contributed by atoms with van der Waals surface area (Å²) in [5, 5.41) is 2.83. The van der Waals surface area contributed by atoms with E-state index in [2.05, 4.69) is 21.2 Å². The molecule has 0 heterocycles. The van der Waals surface area contributed by atoms with Gasteiger partial charge in [0.15, 0.2) is 18.1 Å². The fourth-order valence-electron chi connectivity index (χ4n) is 2.14. The van der Waals surface area contributed by atoms with Crippen molar-refractivity contribution < 1.29 is 19.0 Å². The first-order valence-corrected chi connectivity index (χ1v) is 8.27. The first-order chi connectivity index (χ1) is 11.6. The summed E-state index contributed by atoms with van der Waals surface area (Å²) in [6, 6.07) is 13.1. The summed E-state index contributed by atoms with van der Waals surface area (Å²) in [6.07, 6.45) is 0.697. The van der Waals surface area contributed by atoms with E-state index in [0.29, 0.717) is 30.2 Å². The molecule has 0 fully saturated rings. The summed E-state index contributed by atoms with van der Waals surface area (Å²) in [6.45, 7) is 0.512. The van der Waals surface area contributed by atoms with E-state index in [1.165, 1.54) is 0 Å². The molecule has 2 aromatic rings. The quantitative estimate of drug-likeness (QED) is 0.747. The second kappa shape index (κ2) is 9.17. The van der Waals surface area contributed by atoms with Crippen molar-refractivity contribution in [1.29, 1.82) is 0 Å². The number of nitrogens with one attached hydrogen (secondary N) is 1. The summed E-state index contributed by atoms with van der Waals surface area (Å²) < 4.78 is 16.8. The number of methoxy groups -OCH3 is 2. The van der Waals surface area contributed by atoms with Gasteiger partial charge in [-0.1, -0.05) is 28.1 Å². The molecule has 0 saturated heterocycles. The molecule has 24 heavy (non-hydrogen) atoms. The molecule has 2 aromatic carbocycles. The van der Waals surface area contributed by atoms with Gasteiger partial charge in [0.2, 0.25) is 0 Å². The molecule has 0 spiro atoms. The van der Waals surface area contributed by atoms with Crippen LogP contribution in [-0.2, 0) is 11.2 Å². The van der Waals surface area contributed by atoms with Crippen LogP contribution in [-0.4, -0.2) is 33.3 Å². The molecule has 0 atom stereocenters. The first-order valence-electron chi connectivity index (χ1n) is 7.48. The highest BCUT2D eigenvalue weighted by molar-refractivity contribution is 9.10. The highest BCUT2D eigenvalue weighted by Crippen LogP contribution is 2.27. The molecule has 2 rings (SSSR count). The van der Waals surface area contributed by atoms with Gasteiger partial charge in [-0.2, -0.15) is 0 Å². The molecule has 0 bridgehead atoms. The minimum Gasteiger partial charge on any atom is -0.493 e. The molecular weight excluding hydrogens is 374 g/mol. The molecule has 1 amide bonds. The van der Waals surface area contributed by atoms with Crippen molar-refractivity contribution in [3.63, 3.8) is 0 Å². The van der Waals surface area contributed by atoms with Gasteiger partial charge in [-0.25, -0.2) is 0 Å². The minimum absolute atomic E-state index is 0.0115. The van der Waals surface area contributed by atoms with Crippen LogP contribution < -0.4 is 19.5 Å². The van der Waals surface area contributed by atoms with E-state index < -0.39 is 0 Å². The van der Waals surface area contributed by atoms with E-state index in [1.54, 1.807) is 14.2 Å². The van der Waals surface area contributed by atoms with Crippen molar-refractivity contribution in [1.82, 2.24) is 5.32 Å². The van der Waals surface area contributed by atoms with Crippen LogP contribution in [0.5, 0.6) is 17.2 Å². The fraction of sp³-hybridized carbons (Fsp3) is 0.278. The van der Waals surface area contributed by atoms with Crippen molar-refractivity contribution >= 4 is 21.8 Å². The lowest BCUT2D eigenvalue weighted by Gasteiger charge is -2.10. The van der Waals surface area contributed by atoms with E-state index in [0.717, 1.165) is 10.0 Å². The van der Waals surface area contributed by atoms with Crippen molar-refractivity contribution in [2.45, 2.75) is 6.42 Å². The topological polar surface area (TPSA) is 56.8 Å². The van der Waals surface area contributed by atoms with Crippen molar-refractivity contribution in [3.8, 4) is 17.2 Å². The van der Waals surface area contributed by atoms with Crippen LogP contribution in [0.1, 0.15) is 5.56 Å². The normalized spacial score (nSPS) is 10.1. The van der Waals surface area contributed by atoms with Gasteiger partial charge in [0.1, 0.15) is 5.75 Å². The predicted octanol–water partition coefficient (Wildman–Crippen LogP) is 3.20. The smallest absolute Gasteiger partial charge is 0.257 e. The SMILES string of the molecule is COc1ccc(CCNC(=O)COc2cccc(Br)c2)cc1OC. The van der Waals surface area contributed by atoms with Crippen molar-refractivity contribution in [2.75, 3.05) is 27.4 Å². The number of ether oxygens (including phenoxy) is 3. The number of carbonyl (C=O) groups is 1. The molecular formula is C18H20BrNO4. The van der Waals surface area contributed by atoms with Gasteiger partial charge in [-0.3, -0.25) is 4.79 Å². The van der Waals surface area contributed by atoms with Crippen molar-refractivity contribution in [2.24, 2.45) is 0 Å². The third kappa shape index (κ3) is 5.45. The third-order valence-electron chi connectivity index (χ3n) is 3.35. The monoisotopic (exact) mass is 393 g/mol. The van der Waals surface area contributed by atoms with Gasteiger partial charge in [0.05, 0.1) is 14.2 Å². The maximum absolute atomic E-state index is 11.8. The van der Waals surface area contributed by atoms with Crippen LogP contribution in [0.2, 0.25) is 0 Å². The lowest BCUT2D eigenvalue weighted by molar-refractivity contribution is -0.123. The molecule has 0 unspecified atom stereocenters. The third-order valence-corrected chi connectivity index (χ3v) is 3.84. The zero-order chi connectivity index (χ0) is 17.4. The summed E-state index contributed by atoms with van der Waals surface area (Å²) in [7, 11) is 3.20. The lowest BCUT2D eigenvalue weighted by Crippen LogP contribution is -2.30. The van der Waals surface area contributed by atoms with Crippen LogP contribution in [0.3, 0.4) is 0 Å². The molecule has 6 heteroatoms. The van der Waals surface area contributed by atoms with Crippen LogP contribution in [0.25, 0.3) is 0 Å². The molecule has 0 aliphatic heterocycles. The average Bonchev–Trinajstić information content (AvgIpc) is 2.60. The maximum Gasteiger partial charge on any atom is 0.257 e. The van der Waals surface area contributed by atoms with Gasteiger partial charge < -0.3 is 19.5 Å². The van der Waals surface area contributed by atoms with Gasteiger partial charge in [-0.05, 0) is 42.3 Å². The Kier molecular flexibility index (Phi) is 6.93. The van der Waals surface area contributed by atoms with E-state index >= 15 is 0 Å². The number of carbonyl (C=O) groups excluding carboxylic acids is 1. The Balaban J connectivity index is 1.76. The van der Waals surface area contributed by atoms with Crippen LogP contribution in [0.15, 0.2) is 46.9 Å². The molecule has 0 aliphatic rings. The Morgan fingerprint density at radius 1 is 1.08 bits per heavy atom. The number of hydrogen-bond acceptors (Lipinski definition) is 4. The van der Waals surface area contributed by atoms with Gasteiger partial charge >= 0.3 is 0 Å². The number of hydrogen-bond donors (Lipinski definition) is 1. The molecule has 5 nitrogen and oxygen atoms in total. The van der Waals surface area contributed by atoms with E-state index in [4.69, 9.17) is 14.2 Å².